The van der Waals surface area contributed by atoms with Crippen LogP contribution in [0.1, 0.15) is 38.7 Å². The summed E-state index contributed by atoms with van der Waals surface area (Å²) in [4.78, 5) is 43.0. The molecule has 1 heterocycles. The second-order valence-electron chi connectivity index (χ2n) is 10.2. The number of nitrogens with two attached hydrogens (primary N) is 1. The van der Waals surface area contributed by atoms with Gasteiger partial charge in [0.05, 0.1) is 12.6 Å². The molecule has 3 aromatic rings. The minimum absolute atomic E-state index is 0.00626. The summed E-state index contributed by atoms with van der Waals surface area (Å²) in [6.45, 7) is 3.41. The van der Waals surface area contributed by atoms with Gasteiger partial charge < -0.3 is 25.4 Å². The lowest BCUT2D eigenvalue weighted by molar-refractivity contribution is -0.146. The van der Waals surface area contributed by atoms with Crippen LogP contribution < -0.4 is 16.4 Å². The molecule has 0 bridgehead atoms. The van der Waals surface area contributed by atoms with Crippen LogP contribution in [0.25, 0.3) is 10.8 Å². The van der Waals surface area contributed by atoms with E-state index in [0.717, 1.165) is 16.8 Å². The smallest absolute Gasteiger partial charge is 0.412 e. The number of rotatable bonds is 13. The Hall–Kier alpha value is -4.32. The highest BCUT2D eigenvalue weighted by Crippen LogP contribution is 2.17. The number of pyridine rings is 1. The number of benzene rings is 2. The van der Waals surface area contributed by atoms with Crippen LogP contribution in [0, 0.1) is 17.6 Å². The number of nitrogens with zero attached hydrogens (tertiary/aromatic N) is 2. The SMILES string of the molecule is CC(C)[C@@H](N)C(=O)OCCCC[C@@H](COC(=O)Nc1cc2ccccc2cn1)N(C)C(=O)NCc1cccc(F)c1F. The zero-order chi connectivity index (χ0) is 30.6. The van der Waals surface area contributed by atoms with Crippen molar-refractivity contribution >= 4 is 34.7 Å². The molecule has 0 radical (unpaired) electrons. The first-order valence-electron chi connectivity index (χ1n) is 13.7. The topological polar surface area (TPSA) is 136 Å². The molecule has 1 aromatic heterocycles. The van der Waals surface area contributed by atoms with Crippen molar-refractivity contribution in [3.8, 4) is 0 Å². The lowest BCUT2D eigenvalue weighted by Crippen LogP contribution is -2.46. The third-order valence-corrected chi connectivity index (χ3v) is 6.76. The Morgan fingerprint density at radius 1 is 1.02 bits per heavy atom. The Morgan fingerprint density at radius 3 is 2.50 bits per heavy atom. The number of likely N-dealkylation sites (N-methyl/N-ethyl adjacent to an activating group) is 1. The Bertz CT molecular complexity index is 1370. The normalized spacial score (nSPS) is 12.5. The van der Waals surface area contributed by atoms with Crippen molar-refractivity contribution in [1.29, 1.82) is 0 Å². The molecule has 226 valence electrons. The summed E-state index contributed by atoms with van der Waals surface area (Å²) in [5, 5.41) is 6.96. The lowest BCUT2D eigenvalue weighted by atomic mass is 10.1. The van der Waals surface area contributed by atoms with Gasteiger partial charge in [-0.25, -0.2) is 23.4 Å². The quantitative estimate of drug-likeness (QED) is 0.190. The fourth-order valence-electron chi connectivity index (χ4n) is 4.02. The maximum absolute atomic E-state index is 14.0. The predicted molar refractivity (Wildman–Crippen MR) is 154 cm³/mol. The van der Waals surface area contributed by atoms with Gasteiger partial charge >= 0.3 is 18.1 Å². The maximum Gasteiger partial charge on any atom is 0.412 e. The number of hydrogen-bond donors (Lipinski definition) is 3. The molecule has 0 aliphatic heterocycles. The average molecular weight is 586 g/mol. The second-order valence-corrected chi connectivity index (χ2v) is 10.2. The molecule has 2 aromatic carbocycles. The van der Waals surface area contributed by atoms with Crippen molar-refractivity contribution in [3.05, 3.63) is 71.9 Å². The largest absolute Gasteiger partial charge is 0.465 e. The molecule has 0 aliphatic rings. The number of aromatic nitrogens is 1. The summed E-state index contributed by atoms with van der Waals surface area (Å²) in [5.41, 5.74) is 5.80. The molecule has 10 nitrogen and oxygen atoms in total. The summed E-state index contributed by atoms with van der Waals surface area (Å²) in [6, 6.07) is 11.1. The van der Waals surface area contributed by atoms with Crippen LogP contribution in [0.15, 0.2) is 54.7 Å². The van der Waals surface area contributed by atoms with E-state index in [1.54, 1.807) is 12.3 Å². The minimum Gasteiger partial charge on any atom is -0.465 e. The predicted octanol–water partition coefficient (Wildman–Crippen LogP) is 4.97. The first kappa shape index (κ1) is 32.2. The number of nitrogens with one attached hydrogen (secondary N) is 2. The summed E-state index contributed by atoms with van der Waals surface area (Å²) >= 11 is 0. The number of carbonyl (C=O) groups is 3. The number of hydrogen-bond acceptors (Lipinski definition) is 7. The van der Waals surface area contributed by atoms with Crippen LogP contribution in [0.3, 0.4) is 0 Å². The summed E-state index contributed by atoms with van der Waals surface area (Å²) < 4.78 is 38.2. The van der Waals surface area contributed by atoms with Gasteiger partial charge in [0.1, 0.15) is 18.5 Å². The minimum atomic E-state index is -1.04. The number of fused-ring (bicyclic) bond motifs is 1. The van der Waals surface area contributed by atoms with Crippen molar-refractivity contribution < 1.29 is 32.6 Å². The molecule has 0 fully saturated rings. The summed E-state index contributed by atoms with van der Waals surface area (Å²) in [5.74, 6) is -2.28. The van der Waals surface area contributed by atoms with Gasteiger partial charge in [-0.3, -0.25) is 10.1 Å². The van der Waals surface area contributed by atoms with Crippen molar-refractivity contribution in [2.75, 3.05) is 25.6 Å². The molecule has 12 heteroatoms. The van der Waals surface area contributed by atoms with Crippen molar-refractivity contribution in [1.82, 2.24) is 15.2 Å². The summed E-state index contributed by atoms with van der Waals surface area (Å²) in [7, 11) is 1.51. The number of esters is 1. The van der Waals surface area contributed by atoms with Gasteiger partial charge in [0, 0.05) is 30.7 Å². The Labute approximate surface area is 243 Å². The highest BCUT2D eigenvalue weighted by molar-refractivity contribution is 5.89. The van der Waals surface area contributed by atoms with Gasteiger partial charge in [-0.15, -0.1) is 0 Å². The Kier molecular flexibility index (Phi) is 12.0. The maximum atomic E-state index is 14.0. The number of anilines is 1. The molecule has 3 rings (SSSR count). The van der Waals surface area contributed by atoms with Crippen LogP contribution in [-0.4, -0.2) is 60.3 Å². The van der Waals surface area contributed by atoms with E-state index in [0.29, 0.717) is 25.1 Å². The molecule has 0 aliphatic carbocycles. The Balaban J connectivity index is 1.57. The van der Waals surface area contributed by atoms with Crippen LogP contribution in [0.2, 0.25) is 0 Å². The fourth-order valence-corrected chi connectivity index (χ4v) is 4.02. The van der Waals surface area contributed by atoms with Gasteiger partial charge in [-0.05, 0) is 42.7 Å². The van der Waals surface area contributed by atoms with E-state index < -0.39 is 41.8 Å². The molecule has 0 unspecified atom stereocenters. The van der Waals surface area contributed by atoms with Gasteiger partial charge in [-0.1, -0.05) is 50.2 Å². The zero-order valence-corrected chi connectivity index (χ0v) is 23.9. The zero-order valence-electron chi connectivity index (χ0n) is 23.9. The van der Waals surface area contributed by atoms with E-state index in [1.165, 1.54) is 24.1 Å². The van der Waals surface area contributed by atoms with E-state index >= 15 is 0 Å². The monoisotopic (exact) mass is 585 g/mol. The molecule has 3 amide bonds. The molecular weight excluding hydrogens is 548 g/mol. The van der Waals surface area contributed by atoms with E-state index in [1.807, 2.05) is 38.1 Å². The van der Waals surface area contributed by atoms with Crippen LogP contribution in [0.5, 0.6) is 0 Å². The van der Waals surface area contributed by atoms with Crippen LogP contribution in [0.4, 0.5) is 24.2 Å². The van der Waals surface area contributed by atoms with Crippen LogP contribution >= 0.6 is 0 Å². The average Bonchev–Trinajstić information content (AvgIpc) is 2.98. The molecule has 0 spiro atoms. The molecule has 4 N–H and O–H groups in total. The van der Waals surface area contributed by atoms with E-state index in [2.05, 4.69) is 15.6 Å². The van der Waals surface area contributed by atoms with Crippen LogP contribution in [-0.2, 0) is 20.8 Å². The summed E-state index contributed by atoms with van der Waals surface area (Å²) in [6.07, 6.45) is 2.30. The number of urea groups is 1. The third kappa shape index (κ3) is 9.37. The highest BCUT2D eigenvalue weighted by atomic mass is 19.2. The number of amides is 3. The molecule has 42 heavy (non-hydrogen) atoms. The molecule has 2 atom stereocenters. The second kappa shape index (κ2) is 15.6. The number of halogens is 2. The van der Waals surface area contributed by atoms with Gasteiger partial charge in [0.15, 0.2) is 11.6 Å². The number of ether oxygens (including phenoxy) is 2. The standard InChI is InChI=1S/C30H37F2N5O5/c1-19(2)27(33)28(38)41-14-7-6-12-23(37(3)29(39)35-17-22-11-8-13-24(31)26(22)32)18-42-30(40)36-25-15-20-9-4-5-10-21(20)16-34-25/h4-5,8-11,13,15-16,19,23,27H,6-7,12,14,17-18,33H2,1-3H3,(H,35,39)(H,34,36,40)/t23-,27+/m0/s1. The number of carbonyl (C=O) groups excluding carboxylic acids is 3. The molecule has 0 saturated carbocycles. The van der Waals surface area contributed by atoms with E-state index in [-0.39, 0.29) is 31.2 Å². The van der Waals surface area contributed by atoms with Gasteiger partial charge in [0.25, 0.3) is 0 Å². The van der Waals surface area contributed by atoms with Gasteiger partial charge in [-0.2, -0.15) is 0 Å². The lowest BCUT2D eigenvalue weighted by Gasteiger charge is -2.28. The fraction of sp³-hybridized carbons (Fsp3) is 0.400. The van der Waals surface area contributed by atoms with Gasteiger partial charge in [0.2, 0.25) is 0 Å². The third-order valence-electron chi connectivity index (χ3n) is 6.76. The first-order valence-corrected chi connectivity index (χ1v) is 13.7. The van der Waals surface area contributed by atoms with E-state index in [9.17, 15) is 23.2 Å². The Morgan fingerprint density at radius 2 is 1.76 bits per heavy atom. The van der Waals surface area contributed by atoms with E-state index in [4.69, 9.17) is 15.2 Å². The number of unbranched alkanes of at least 4 members (excludes halogenated alkanes) is 1. The highest BCUT2D eigenvalue weighted by Gasteiger charge is 2.23. The molecule has 0 saturated heterocycles. The molecular formula is C30H37F2N5O5. The first-order chi connectivity index (χ1) is 20.1. The van der Waals surface area contributed by atoms with Crippen molar-refractivity contribution in [2.45, 2.75) is 51.7 Å². The van der Waals surface area contributed by atoms with Crippen molar-refractivity contribution in [3.63, 3.8) is 0 Å². The van der Waals surface area contributed by atoms with Crippen molar-refractivity contribution in [2.24, 2.45) is 11.7 Å².